The van der Waals surface area contributed by atoms with Crippen molar-refractivity contribution in [3.05, 3.63) is 42.0 Å². The minimum absolute atomic E-state index is 0.364. The molecule has 0 aliphatic carbocycles. The molecule has 0 aromatic heterocycles. The molecule has 0 spiro atoms. The van der Waals surface area contributed by atoms with Crippen LogP contribution in [0.1, 0.15) is 11.1 Å². The first-order valence-electron chi connectivity index (χ1n) is 4.09. The first-order chi connectivity index (χ1) is 6.36. The third kappa shape index (κ3) is 3.14. The summed E-state index contributed by atoms with van der Waals surface area (Å²) in [6.07, 6.45) is 6.86. The largest absolute Gasteiger partial charge is 0.364 e. The van der Waals surface area contributed by atoms with Crippen LogP contribution >= 0.6 is 0 Å². The third-order valence-electron chi connectivity index (χ3n) is 1.67. The number of hydrogen-bond donors (Lipinski definition) is 0. The summed E-state index contributed by atoms with van der Waals surface area (Å²) in [5.41, 5.74) is 2.24. The summed E-state index contributed by atoms with van der Waals surface area (Å²) in [5, 5.41) is 0. The molecule has 13 heavy (non-hydrogen) atoms. The molecular weight excluding hydrogens is 160 g/mol. The highest BCUT2D eigenvalue weighted by atomic mass is 16.5. The van der Waals surface area contributed by atoms with E-state index in [0.29, 0.717) is 13.2 Å². The molecule has 1 aromatic rings. The first kappa shape index (κ1) is 9.57. The zero-order valence-corrected chi connectivity index (χ0v) is 7.49. The molecule has 0 radical (unpaired) electrons. The maximum Gasteiger partial charge on any atom is 0.107 e. The van der Waals surface area contributed by atoms with E-state index in [0.717, 1.165) is 11.1 Å². The number of hydrogen-bond acceptors (Lipinski definition) is 1. The smallest absolute Gasteiger partial charge is 0.107 e. The Bertz CT molecular complexity index is 303. The van der Waals surface area contributed by atoms with Gasteiger partial charge in [-0.3, -0.25) is 0 Å². The molecule has 0 heterocycles. The van der Waals surface area contributed by atoms with Crippen molar-refractivity contribution < 1.29 is 4.74 Å². The number of ether oxygens (including phenoxy) is 1. The maximum absolute atomic E-state index is 5.18. The summed E-state index contributed by atoms with van der Waals surface area (Å²) in [5.74, 6) is 2.42. The molecule has 0 saturated heterocycles. The Morgan fingerprint density at radius 1 is 1.38 bits per heavy atom. The number of terminal acetylenes is 1. The summed E-state index contributed by atoms with van der Waals surface area (Å²) in [4.78, 5) is 0. The van der Waals surface area contributed by atoms with E-state index in [1.54, 1.807) is 0 Å². The van der Waals surface area contributed by atoms with Crippen LogP contribution in [0, 0.1) is 12.3 Å². The van der Waals surface area contributed by atoms with Crippen LogP contribution in [-0.2, 0) is 11.3 Å². The van der Waals surface area contributed by atoms with Crippen molar-refractivity contribution in [1.29, 1.82) is 0 Å². The Morgan fingerprint density at radius 2 is 2.08 bits per heavy atom. The van der Waals surface area contributed by atoms with Crippen LogP contribution in [0.15, 0.2) is 30.8 Å². The van der Waals surface area contributed by atoms with Gasteiger partial charge in [0.2, 0.25) is 0 Å². The lowest BCUT2D eigenvalue weighted by molar-refractivity contribution is 0.153. The SMILES string of the molecule is C#CCOCc1ccc(C=C)cc1. The van der Waals surface area contributed by atoms with Gasteiger partial charge in [-0.25, -0.2) is 0 Å². The van der Waals surface area contributed by atoms with Crippen LogP contribution in [0.2, 0.25) is 0 Å². The van der Waals surface area contributed by atoms with E-state index in [2.05, 4.69) is 12.5 Å². The lowest BCUT2D eigenvalue weighted by atomic mass is 10.1. The third-order valence-corrected chi connectivity index (χ3v) is 1.67. The Hall–Kier alpha value is -1.52. The summed E-state index contributed by atoms with van der Waals surface area (Å²) in [7, 11) is 0. The molecule has 0 N–H and O–H groups in total. The normalized spacial score (nSPS) is 9.15. The molecule has 1 heteroatoms. The fourth-order valence-corrected chi connectivity index (χ4v) is 0.978. The molecule has 0 saturated carbocycles. The predicted octanol–water partition coefficient (Wildman–Crippen LogP) is 2.48. The molecule has 0 atom stereocenters. The molecule has 0 aliphatic heterocycles. The molecule has 1 rings (SSSR count). The summed E-state index contributed by atoms with van der Waals surface area (Å²) in [6.45, 7) is 4.61. The zero-order valence-electron chi connectivity index (χ0n) is 7.49. The van der Waals surface area contributed by atoms with Crippen LogP contribution in [0.25, 0.3) is 6.08 Å². The van der Waals surface area contributed by atoms with Crippen LogP contribution in [0.3, 0.4) is 0 Å². The van der Waals surface area contributed by atoms with Crippen LogP contribution in [-0.4, -0.2) is 6.61 Å². The zero-order chi connectivity index (χ0) is 9.52. The minimum atomic E-state index is 0.364. The van der Waals surface area contributed by atoms with Gasteiger partial charge in [-0.1, -0.05) is 42.8 Å². The molecule has 1 aromatic carbocycles. The molecule has 66 valence electrons. The Morgan fingerprint density at radius 3 is 2.62 bits per heavy atom. The molecule has 1 nitrogen and oxygen atoms in total. The summed E-state index contributed by atoms with van der Waals surface area (Å²) < 4.78 is 5.18. The van der Waals surface area contributed by atoms with Gasteiger partial charge >= 0.3 is 0 Å². The lowest BCUT2D eigenvalue weighted by Gasteiger charge is -2.00. The van der Waals surface area contributed by atoms with Gasteiger partial charge < -0.3 is 4.74 Å². The van der Waals surface area contributed by atoms with Gasteiger partial charge in [0.25, 0.3) is 0 Å². The molecular formula is C12H12O. The van der Waals surface area contributed by atoms with Crippen LogP contribution in [0.4, 0.5) is 0 Å². The fraction of sp³-hybridized carbons (Fsp3) is 0.167. The van der Waals surface area contributed by atoms with Crippen molar-refractivity contribution in [1.82, 2.24) is 0 Å². The monoisotopic (exact) mass is 172 g/mol. The van der Waals surface area contributed by atoms with Gasteiger partial charge in [0.1, 0.15) is 6.61 Å². The first-order valence-corrected chi connectivity index (χ1v) is 4.09. The molecule has 0 fully saturated rings. The Balaban J connectivity index is 2.50. The quantitative estimate of drug-likeness (QED) is 0.501. The molecule has 0 bridgehead atoms. The fourth-order valence-electron chi connectivity index (χ4n) is 0.978. The topological polar surface area (TPSA) is 9.23 Å². The second kappa shape index (κ2) is 5.18. The van der Waals surface area contributed by atoms with E-state index >= 15 is 0 Å². The van der Waals surface area contributed by atoms with Crippen molar-refractivity contribution >= 4 is 6.08 Å². The molecule has 0 unspecified atom stereocenters. The van der Waals surface area contributed by atoms with Crippen LogP contribution in [0.5, 0.6) is 0 Å². The van der Waals surface area contributed by atoms with E-state index in [1.807, 2.05) is 30.3 Å². The van der Waals surface area contributed by atoms with Gasteiger partial charge in [0.05, 0.1) is 6.61 Å². The summed E-state index contributed by atoms with van der Waals surface area (Å²) >= 11 is 0. The highest BCUT2D eigenvalue weighted by molar-refractivity contribution is 5.47. The van der Waals surface area contributed by atoms with E-state index in [-0.39, 0.29) is 0 Å². The van der Waals surface area contributed by atoms with Crippen molar-refractivity contribution in [2.45, 2.75) is 6.61 Å². The highest BCUT2D eigenvalue weighted by Crippen LogP contribution is 2.06. The van der Waals surface area contributed by atoms with Gasteiger partial charge in [-0.2, -0.15) is 0 Å². The van der Waals surface area contributed by atoms with E-state index in [9.17, 15) is 0 Å². The van der Waals surface area contributed by atoms with Gasteiger partial charge in [-0.05, 0) is 11.1 Å². The van der Waals surface area contributed by atoms with Crippen molar-refractivity contribution in [3.63, 3.8) is 0 Å². The van der Waals surface area contributed by atoms with Crippen LogP contribution < -0.4 is 0 Å². The standard InChI is InChI=1S/C12H12O/c1-3-9-13-10-12-7-5-11(4-2)6-8-12/h1,4-8H,2,9-10H2. The molecule has 0 amide bonds. The van der Waals surface area contributed by atoms with Gasteiger partial charge in [0, 0.05) is 0 Å². The van der Waals surface area contributed by atoms with Gasteiger partial charge in [-0.15, -0.1) is 6.42 Å². The maximum atomic E-state index is 5.18. The van der Waals surface area contributed by atoms with E-state index in [4.69, 9.17) is 11.2 Å². The van der Waals surface area contributed by atoms with Crippen molar-refractivity contribution in [2.24, 2.45) is 0 Å². The van der Waals surface area contributed by atoms with Crippen molar-refractivity contribution in [2.75, 3.05) is 6.61 Å². The van der Waals surface area contributed by atoms with Crippen molar-refractivity contribution in [3.8, 4) is 12.3 Å². The highest BCUT2D eigenvalue weighted by Gasteiger charge is 1.91. The summed E-state index contributed by atoms with van der Waals surface area (Å²) in [6, 6.07) is 8.02. The number of benzene rings is 1. The molecule has 0 aliphatic rings. The average Bonchev–Trinajstić information content (AvgIpc) is 2.19. The second-order valence-electron chi connectivity index (χ2n) is 2.64. The average molecular weight is 172 g/mol. The minimum Gasteiger partial charge on any atom is -0.364 e. The second-order valence-corrected chi connectivity index (χ2v) is 2.64. The van der Waals surface area contributed by atoms with Gasteiger partial charge in [0.15, 0.2) is 0 Å². The Kier molecular flexibility index (Phi) is 3.81. The number of rotatable bonds is 4. The van der Waals surface area contributed by atoms with E-state index < -0.39 is 0 Å². The van der Waals surface area contributed by atoms with E-state index in [1.165, 1.54) is 0 Å². The predicted molar refractivity (Wildman–Crippen MR) is 55.0 cm³/mol. The lowest BCUT2D eigenvalue weighted by Crippen LogP contribution is -1.92. The Labute approximate surface area is 79.0 Å².